The molecule has 2 amide bonds. The first kappa shape index (κ1) is 29.9. The quantitative estimate of drug-likeness (QED) is 0.421. The van der Waals surface area contributed by atoms with E-state index in [0.717, 1.165) is 53.0 Å². The summed E-state index contributed by atoms with van der Waals surface area (Å²) in [5, 5.41) is 6.68. The van der Waals surface area contributed by atoms with Crippen molar-refractivity contribution in [1.29, 1.82) is 0 Å². The summed E-state index contributed by atoms with van der Waals surface area (Å²) in [5.41, 5.74) is 2.12. The highest BCUT2D eigenvalue weighted by molar-refractivity contribution is 7.88. The molecular formula is C26H38N4O6S2. The number of thiazole rings is 1. The Morgan fingerprint density at radius 1 is 1.08 bits per heavy atom. The summed E-state index contributed by atoms with van der Waals surface area (Å²) in [5.74, 6) is 0.293. The van der Waals surface area contributed by atoms with Crippen LogP contribution in [-0.2, 0) is 26.0 Å². The fourth-order valence-corrected chi connectivity index (χ4v) is 5.78. The number of aromatic nitrogens is 1. The predicted molar refractivity (Wildman–Crippen MR) is 149 cm³/mol. The van der Waals surface area contributed by atoms with Crippen molar-refractivity contribution in [2.45, 2.75) is 84.1 Å². The van der Waals surface area contributed by atoms with Gasteiger partial charge >= 0.3 is 12.2 Å². The largest absolute Gasteiger partial charge is 0.447 e. The number of rotatable bonds is 9. The third-order valence-corrected chi connectivity index (χ3v) is 8.64. The van der Waals surface area contributed by atoms with Gasteiger partial charge < -0.3 is 14.8 Å². The fraction of sp³-hybridized carbons (Fsp3) is 0.577. The zero-order chi connectivity index (χ0) is 28.0. The third-order valence-electron chi connectivity index (χ3n) is 6.18. The molecule has 1 heterocycles. The molecule has 2 aromatic rings. The van der Waals surface area contributed by atoms with Crippen molar-refractivity contribution in [3.63, 3.8) is 0 Å². The topological polar surface area (TPSA) is 127 Å². The molecule has 1 aromatic heterocycles. The molecule has 0 aliphatic heterocycles. The lowest BCUT2D eigenvalue weighted by Gasteiger charge is -2.28. The maximum Gasteiger partial charge on any atom is 0.411 e. The van der Waals surface area contributed by atoms with Crippen LogP contribution in [0.2, 0.25) is 0 Å². The van der Waals surface area contributed by atoms with Crippen LogP contribution in [-0.4, -0.2) is 61.4 Å². The van der Waals surface area contributed by atoms with E-state index in [1.807, 2.05) is 26.1 Å². The van der Waals surface area contributed by atoms with E-state index < -0.39 is 16.1 Å². The molecule has 0 bridgehead atoms. The molecule has 0 unspecified atom stereocenters. The second-order valence-electron chi connectivity index (χ2n) is 10.2. The predicted octanol–water partition coefficient (Wildman–Crippen LogP) is 5.32. The number of hydrogen-bond donors (Lipinski definition) is 2. The van der Waals surface area contributed by atoms with E-state index in [1.54, 1.807) is 37.3 Å². The summed E-state index contributed by atoms with van der Waals surface area (Å²) in [6, 6.07) is 5.50. The maximum atomic E-state index is 12.1. The number of hydrogen-bond acceptors (Lipinski definition) is 8. The van der Waals surface area contributed by atoms with Gasteiger partial charge in [0.05, 0.1) is 28.3 Å². The Morgan fingerprint density at radius 2 is 1.71 bits per heavy atom. The van der Waals surface area contributed by atoms with Crippen molar-refractivity contribution < 1.29 is 27.5 Å². The van der Waals surface area contributed by atoms with Gasteiger partial charge in [-0.2, -0.15) is 0 Å². The summed E-state index contributed by atoms with van der Waals surface area (Å²) in [7, 11) is -1.89. The average Bonchev–Trinajstić information content (AvgIpc) is 3.28. The Kier molecular flexibility index (Phi) is 10.1. The molecule has 1 aliphatic carbocycles. The van der Waals surface area contributed by atoms with Crippen molar-refractivity contribution >= 4 is 39.2 Å². The first-order valence-corrected chi connectivity index (χ1v) is 15.4. The molecule has 12 heteroatoms. The average molecular weight is 567 g/mol. The van der Waals surface area contributed by atoms with Gasteiger partial charge in [-0.15, -0.1) is 11.3 Å². The number of carbonyl (C=O) groups is 2. The van der Waals surface area contributed by atoms with Gasteiger partial charge in [0.1, 0.15) is 0 Å². The van der Waals surface area contributed by atoms with Gasteiger partial charge in [-0.05, 0) is 76.6 Å². The molecule has 10 nitrogen and oxygen atoms in total. The number of amides is 2. The SMILES string of the molecule is CC(C)OC(=O)Nc1ccc(-c2cnc(C3CCC(NC(=O)OC(C)C)CC3)s2)c(CN(C)S(C)(=O)=O)c1. The van der Waals surface area contributed by atoms with Gasteiger partial charge in [0.25, 0.3) is 0 Å². The molecule has 3 rings (SSSR count). The summed E-state index contributed by atoms with van der Waals surface area (Å²) in [4.78, 5) is 29.6. The van der Waals surface area contributed by atoms with Gasteiger partial charge in [0, 0.05) is 37.4 Å². The van der Waals surface area contributed by atoms with Crippen LogP contribution in [0.3, 0.4) is 0 Å². The Morgan fingerprint density at radius 3 is 2.32 bits per heavy atom. The van der Waals surface area contributed by atoms with Gasteiger partial charge in [0.2, 0.25) is 10.0 Å². The second-order valence-corrected chi connectivity index (χ2v) is 13.3. The highest BCUT2D eigenvalue weighted by Gasteiger charge is 2.26. The minimum Gasteiger partial charge on any atom is -0.447 e. The molecule has 1 saturated carbocycles. The normalized spacial score (nSPS) is 18.0. The van der Waals surface area contributed by atoms with Crippen molar-refractivity contribution in [1.82, 2.24) is 14.6 Å². The second kappa shape index (κ2) is 12.9. The maximum absolute atomic E-state index is 12.1. The summed E-state index contributed by atoms with van der Waals surface area (Å²) < 4.78 is 35.9. The number of alkyl carbamates (subject to hydrolysis) is 1. The molecule has 1 aromatic carbocycles. The molecule has 2 N–H and O–H groups in total. The Balaban J connectivity index is 1.76. The summed E-state index contributed by atoms with van der Waals surface area (Å²) >= 11 is 1.59. The standard InChI is InChI=1S/C26H38N4O6S2/c1-16(2)35-25(31)28-20-9-7-18(8-10-20)24-27-14-23(37-24)22-12-11-21(29-26(32)36-17(3)4)13-19(22)15-30(5)38(6,33)34/h11-14,16-18,20H,7-10,15H2,1-6H3,(H,28,31)(H,29,32). The van der Waals surface area contributed by atoms with Gasteiger partial charge in [-0.25, -0.2) is 27.3 Å². The van der Waals surface area contributed by atoms with E-state index in [2.05, 4.69) is 10.6 Å². The van der Waals surface area contributed by atoms with Crippen molar-refractivity contribution in [2.24, 2.45) is 0 Å². The van der Waals surface area contributed by atoms with E-state index in [9.17, 15) is 18.0 Å². The number of nitrogens with one attached hydrogen (secondary N) is 2. The number of carbonyl (C=O) groups excluding carboxylic acids is 2. The van der Waals surface area contributed by atoms with Crippen molar-refractivity contribution in [2.75, 3.05) is 18.6 Å². The smallest absolute Gasteiger partial charge is 0.411 e. The van der Waals surface area contributed by atoms with Crippen LogP contribution in [0, 0.1) is 0 Å². The van der Waals surface area contributed by atoms with Crippen LogP contribution in [0.15, 0.2) is 24.4 Å². The minimum atomic E-state index is -3.41. The van der Waals surface area contributed by atoms with Crippen molar-refractivity contribution in [3.05, 3.63) is 35.0 Å². The van der Waals surface area contributed by atoms with Gasteiger partial charge in [-0.3, -0.25) is 5.32 Å². The minimum absolute atomic E-state index is 0.0949. The Bertz CT molecular complexity index is 1220. The Hall–Kier alpha value is -2.70. The van der Waals surface area contributed by atoms with Gasteiger partial charge in [0.15, 0.2) is 0 Å². The van der Waals surface area contributed by atoms with Crippen LogP contribution in [0.5, 0.6) is 0 Å². The van der Waals surface area contributed by atoms with Gasteiger partial charge in [-0.1, -0.05) is 6.07 Å². The fourth-order valence-electron chi connectivity index (χ4n) is 4.26. The monoisotopic (exact) mass is 566 g/mol. The lowest BCUT2D eigenvalue weighted by atomic mass is 9.86. The molecule has 0 saturated heterocycles. The van der Waals surface area contributed by atoms with E-state index >= 15 is 0 Å². The Labute approximate surface area is 229 Å². The first-order valence-electron chi connectivity index (χ1n) is 12.8. The van der Waals surface area contributed by atoms with Crippen LogP contribution in [0.4, 0.5) is 15.3 Å². The number of benzene rings is 1. The molecule has 0 radical (unpaired) electrons. The molecule has 1 fully saturated rings. The van der Waals surface area contributed by atoms with E-state index in [4.69, 9.17) is 14.5 Å². The van der Waals surface area contributed by atoms with Crippen LogP contribution in [0.25, 0.3) is 10.4 Å². The lowest BCUT2D eigenvalue weighted by molar-refractivity contribution is 0.109. The number of sulfonamides is 1. The summed E-state index contributed by atoms with van der Waals surface area (Å²) in [6.45, 7) is 7.32. The number of nitrogens with zero attached hydrogens (tertiary/aromatic N) is 2. The van der Waals surface area contributed by atoms with Crippen LogP contribution in [0.1, 0.15) is 69.9 Å². The zero-order valence-corrected chi connectivity index (χ0v) is 24.4. The number of ether oxygens (including phenoxy) is 2. The molecule has 0 spiro atoms. The number of anilines is 1. The molecular weight excluding hydrogens is 528 g/mol. The van der Waals surface area contributed by atoms with Crippen LogP contribution < -0.4 is 10.6 Å². The third kappa shape index (κ3) is 8.67. The van der Waals surface area contributed by atoms with Crippen molar-refractivity contribution in [3.8, 4) is 10.4 Å². The summed E-state index contributed by atoms with van der Waals surface area (Å²) in [6.07, 6.45) is 5.14. The van der Waals surface area contributed by atoms with E-state index in [-0.39, 0.29) is 30.9 Å². The van der Waals surface area contributed by atoms with E-state index in [0.29, 0.717) is 11.6 Å². The zero-order valence-electron chi connectivity index (χ0n) is 22.8. The van der Waals surface area contributed by atoms with E-state index in [1.165, 1.54) is 11.4 Å². The highest BCUT2D eigenvalue weighted by atomic mass is 32.2. The molecule has 0 atom stereocenters. The molecule has 1 aliphatic rings. The highest BCUT2D eigenvalue weighted by Crippen LogP contribution is 2.39. The molecule has 210 valence electrons. The lowest BCUT2D eigenvalue weighted by Crippen LogP contribution is -2.38. The molecule has 38 heavy (non-hydrogen) atoms. The first-order chi connectivity index (χ1) is 17.8. The van der Waals surface area contributed by atoms with Crippen LogP contribution >= 0.6 is 11.3 Å².